The predicted molar refractivity (Wildman–Crippen MR) is 83.4 cm³/mol. The Labute approximate surface area is 122 Å². The Morgan fingerprint density at radius 2 is 2.00 bits per heavy atom. The first-order valence-corrected chi connectivity index (χ1v) is 6.63. The number of hydrogen-bond donors (Lipinski definition) is 1. The number of pyridine rings is 1. The Bertz CT molecular complexity index is 861. The number of benzene rings is 1. The average molecular weight is 280 g/mol. The minimum absolute atomic E-state index is 0.0780. The summed E-state index contributed by atoms with van der Waals surface area (Å²) in [5.41, 5.74) is 9.98. The van der Waals surface area contributed by atoms with E-state index in [4.69, 9.17) is 5.73 Å². The van der Waals surface area contributed by atoms with E-state index in [2.05, 4.69) is 5.10 Å². The first kappa shape index (κ1) is 13.2. The van der Waals surface area contributed by atoms with Crippen molar-refractivity contribution in [3.63, 3.8) is 0 Å². The second-order valence-corrected chi connectivity index (χ2v) is 5.08. The third-order valence-electron chi connectivity index (χ3n) is 3.42. The molecule has 5 heteroatoms. The fraction of sp³-hybridized carbons (Fsp3) is 0.125. The van der Waals surface area contributed by atoms with Gasteiger partial charge in [0, 0.05) is 42.3 Å². The summed E-state index contributed by atoms with van der Waals surface area (Å²) in [6, 6.07) is 8.90. The number of nitrogens with zero attached hydrogens (tertiary/aromatic N) is 3. The van der Waals surface area contributed by atoms with Crippen molar-refractivity contribution in [1.82, 2.24) is 14.3 Å². The number of aryl methyl sites for hydroxylation is 2. The lowest BCUT2D eigenvalue weighted by Gasteiger charge is -2.10. The molecule has 2 heterocycles. The Balaban J connectivity index is 2.21. The summed E-state index contributed by atoms with van der Waals surface area (Å²) in [6.45, 7) is 1.92. The van der Waals surface area contributed by atoms with Gasteiger partial charge in [0.2, 0.25) is 0 Å². The highest BCUT2D eigenvalue weighted by Gasteiger charge is 2.09. The number of anilines is 1. The Kier molecular flexibility index (Phi) is 3.10. The van der Waals surface area contributed by atoms with E-state index in [1.54, 1.807) is 33.6 Å². The molecule has 0 spiro atoms. The fourth-order valence-electron chi connectivity index (χ4n) is 2.37. The smallest absolute Gasteiger partial charge is 0.255 e. The monoisotopic (exact) mass is 280 g/mol. The average Bonchev–Trinajstić information content (AvgIpc) is 2.85. The van der Waals surface area contributed by atoms with E-state index in [1.165, 1.54) is 0 Å². The number of rotatable bonds is 2. The molecular weight excluding hydrogens is 264 g/mol. The Hall–Kier alpha value is -2.82. The van der Waals surface area contributed by atoms with Crippen LogP contribution in [-0.4, -0.2) is 14.3 Å². The molecule has 3 aromatic rings. The third kappa shape index (κ3) is 2.45. The Morgan fingerprint density at radius 3 is 2.67 bits per heavy atom. The van der Waals surface area contributed by atoms with E-state index in [-0.39, 0.29) is 5.56 Å². The molecule has 0 amide bonds. The van der Waals surface area contributed by atoms with E-state index in [0.717, 1.165) is 22.4 Å². The van der Waals surface area contributed by atoms with E-state index >= 15 is 0 Å². The van der Waals surface area contributed by atoms with Gasteiger partial charge in [-0.15, -0.1) is 0 Å². The van der Waals surface area contributed by atoms with Crippen molar-refractivity contribution in [3.05, 3.63) is 64.8 Å². The van der Waals surface area contributed by atoms with Crippen LogP contribution in [0.15, 0.2) is 53.7 Å². The molecule has 3 rings (SSSR count). The molecule has 0 fully saturated rings. The minimum atomic E-state index is -0.0780. The molecule has 0 bridgehead atoms. The van der Waals surface area contributed by atoms with Crippen LogP contribution in [0, 0.1) is 6.92 Å². The highest BCUT2D eigenvalue weighted by Crippen LogP contribution is 2.22. The van der Waals surface area contributed by atoms with Crippen LogP contribution in [-0.2, 0) is 7.05 Å². The maximum Gasteiger partial charge on any atom is 0.255 e. The van der Waals surface area contributed by atoms with Gasteiger partial charge in [0.1, 0.15) is 0 Å². The number of hydrogen-bond acceptors (Lipinski definition) is 3. The lowest BCUT2D eigenvalue weighted by molar-refractivity contribution is 0.768. The summed E-state index contributed by atoms with van der Waals surface area (Å²) < 4.78 is 3.34. The second kappa shape index (κ2) is 4.94. The van der Waals surface area contributed by atoms with Gasteiger partial charge in [0.05, 0.1) is 11.9 Å². The number of nitrogen functional groups attached to an aromatic ring is 1. The Morgan fingerprint density at radius 1 is 1.19 bits per heavy atom. The molecule has 2 N–H and O–H groups in total. The topological polar surface area (TPSA) is 65.8 Å². The summed E-state index contributed by atoms with van der Waals surface area (Å²) in [5, 5.41) is 4.18. The van der Waals surface area contributed by atoms with Crippen molar-refractivity contribution in [2.75, 3.05) is 5.73 Å². The lowest BCUT2D eigenvalue weighted by atomic mass is 10.1. The standard InChI is InChI=1S/C16H16N4O/c1-11-6-16(21)20(14-5-3-4-13(17)7-14)10-15(11)12-8-18-19(2)9-12/h3-10H,17H2,1-2H3. The van der Waals surface area contributed by atoms with Crippen LogP contribution in [0.3, 0.4) is 0 Å². The van der Waals surface area contributed by atoms with Gasteiger partial charge >= 0.3 is 0 Å². The molecule has 0 aliphatic heterocycles. The number of nitrogens with two attached hydrogens (primary N) is 1. The van der Waals surface area contributed by atoms with Gasteiger partial charge in [-0.1, -0.05) is 6.07 Å². The van der Waals surface area contributed by atoms with Crippen molar-refractivity contribution in [1.29, 1.82) is 0 Å². The van der Waals surface area contributed by atoms with Crippen LogP contribution in [0.2, 0.25) is 0 Å². The van der Waals surface area contributed by atoms with Gasteiger partial charge in [-0.05, 0) is 30.7 Å². The van der Waals surface area contributed by atoms with Gasteiger partial charge in [0.25, 0.3) is 5.56 Å². The molecule has 0 radical (unpaired) electrons. The largest absolute Gasteiger partial charge is 0.399 e. The highest BCUT2D eigenvalue weighted by atomic mass is 16.1. The molecule has 1 aromatic carbocycles. The van der Waals surface area contributed by atoms with Gasteiger partial charge in [0.15, 0.2) is 0 Å². The highest BCUT2D eigenvalue weighted by molar-refractivity contribution is 5.65. The summed E-state index contributed by atoms with van der Waals surface area (Å²) in [6.07, 6.45) is 5.55. The second-order valence-electron chi connectivity index (χ2n) is 5.08. The zero-order valence-electron chi connectivity index (χ0n) is 11.9. The van der Waals surface area contributed by atoms with Crippen LogP contribution in [0.25, 0.3) is 16.8 Å². The molecule has 0 saturated carbocycles. The molecule has 106 valence electrons. The fourth-order valence-corrected chi connectivity index (χ4v) is 2.37. The predicted octanol–water partition coefficient (Wildman–Crippen LogP) is 2.13. The van der Waals surface area contributed by atoms with Crippen LogP contribution in [0.1, 0.15) is 5.56 Å². The van der Waals surface area contributed by atoms with Crippen LogP contribution >= 0.6 is 0 Å². The normalized spacial score (nSPS) is 10.8. The summed E-state index contributed by atoms with van der Waals surface area (Å²) in [4.78, 5) is 12.2. The zero-order valence-corrected chi connectivity index (χ0v) is 11.9. The van der Waals surface area contributed by atoms with Crippen molar-refractivity contribution >= 4 is 5.69 Å². The van der Waals surface area contributed by atoms with E-state index in [1.807, 2.05) is 38.5 Å². The molecule has 2 aromatic heterocycles. The van der Waals surface area contributed by atoms with Crippen molar-refractivity contribution in [2.45, 2.75) is 6.92 Å². The van der Waals surface area contributed by atoms with Gasteiger partial charge in [-0.2, -0.15) is 5.10 Å². The molecule has 0 atom stereocenters. The molecule has 5 nitrogen and oxygen atoms in total. The molecule has 21 heavy (non-hydrogen) atoms. The molecule has 0 unspecified atom stereocenters. The van der Waals surface area contributed by atoms with Crippen molar-refractivity contribution in [3.8, 4) is 16.8 Å². The van der Waals surface area contributed by atoms with Crippen LogP contribution in [0.5, 0.6) is 0 Å². The van der Waals surface area contributed by atoms with Gasteiger partial charge < -0.3 is 5.73 Å². The quantitative estimate of drug-likeness (QED) is 0.731. The van der Waals surface area contributed by atoms with Crippen molar-refractivity contribution in [2.24, 2.45) is 7.05 Å². The van der Waals surface area contributed by atoms with Crippen LogP contribution < -0.4 is 11.3 Å². The van der Waals surface area contributed by atoms with Gasteiger partial charge in [-0.25, -0.2) is 0 Å². The first-order chi connectivity index (χ1) is 10.0. The van der Waals surface area contributed by atoms with Crippen molar-refractivity contribution < 1.29 is 0 Å². The summed E-state index contributed by atoms with van der Waals surface area (Å²) in [7, 11) is 1.87. The number of aromatic nitrogens is 3. The molecule has 0 aliphatic carbocycles. The first-order valence-electron chi connectivity index (χ1n) is 6.63. The molecule has 0 aliphatic rings. The maximum atomic E-state index is 12.2. The zero-order chi connectivity index (χ0) is 15.0. The molecule has 0 saturated heterocycles. The third-order valence-corrected chi connectivity index (χ3v) is 3.42. The maximum absolute atomic E-state index is 12.2. The summed E-state index contributed by atoms with van der Waals surface area (Å²) in [5.74, 6) is 0. The minimum Gasteiger partial charge on any atom is -0.399 e. The van der Waals surface area contributed by atoms with E-state index in [0.29, 0.717) is 5.69 Å². The SMILES string of the molecule is Cc1cc(=O)n(-c2cccc(N)c2)cc1-c1cnn(C)c1. The lowest BCUT2D eigenvalue weighted by Crippen LogP contribution is -2.17. The van der Waals surface area contributed by atoms with Gasteiger partial charge in [-0.3, -0.25) is 14.0 Å². The molecular formula is C16H16N4O. The summed E-state index contributed by atoms with van der Waals surface area (Å²) >= 11 is 0. The van der Waals surface area contributed by atoms with Crippen LogP contribution in [0.4, 0.5) is 5.69 Å². The van der Waals surface area contributed by atoms with E-state index < -0.39 is 0 Å². The van der Waals surface area contributed by atoms with E-state index in [9.17, 15) is 4.79 Å².